The lowest BCUT2D eigenvalue weighted by molar-refractivity contribution is 1.33. The number of benzene rings is 1. The molecule has 0 atom stereocenters. The van der Waals surface area contributed by atoms with Crippen LogP contribution in [0.15, 0.2) is 60.3 Å². The summed E-state index contributed by atoms with van der Waals surface area (Å²) in [7, 11) is 0. The molecule has 0 spiro atoms. The third kappa shape index (κ3) is 3.43. The van der Waals surface area contributed by atoms with E-state index in [2.05, 4.69) is 31.0 Å². The Bertz CT molecular complexity index is 425. The van der Waals surface area contributed by atoms with Crippen LogP contribution < -0.4 is 5.32 Å². The summed E-state index contributed by atoms with van der Waals surface area (Å²) in [5.74, 6) is 0. The first-order valence-electron chi connectivity index (χ1n) is 5.46. The molecule has 0 saturated carbocycles. The van der Waals surface area contributed by atoms with E-state index in [-0.39, 0.29) is 0 Å². The third-order valence-electron chi connectivity index (χ3n) is 2.33. The summed E-state index contributed by atoms with van der Waals surface area (Å²) in [4.78, 5) is 0. The van der Waals surface area contributed by atoms with Crippen LogP contribution in [0.25, 0.3) is 0 Å². The van der Waals surface area contributed by atoms with Crippen molar-refractivity contribution in [2.45, 2.75) is 20.8 Å². The fourth-order valence-electron chi connectivity index (χ4n) is 1.34. The van der Waals surface area contributed by atoms with E-state index in [1.807, 2.05) is 44.2 Å². The van der Waals surface area contributed by atoms with Gasteiger partial charge in [-0.15, -0.1) is 0 Å². The molecule has 1 N–H and O–H groups in total. The highest BCUT2D eigenvalue weighted by Gasteiger charge is 2.00. The predicted molar refractivity (Wildman–Crippen MR) is 72.5 cm³/mol. The average Bonchev–Trinajstić information content (AvgIpc) is 2.26. The van der Waals surface area contributed by atoms with Gasteiger partial charge in [0.15, 0.2) is 0 Å². The Hall–Kier alpha value is -1.76. The van der Waals surface area contributed by atoms with Crippen molar-refractivity contribution in [3.63, 3.8) is 0 Å². The van der Waals surface area contributed by atoms with Crippen molar-refractivity contribution in [1.82, 2.24) is 0 Å². The Morgan fingerprint density at radius 2 is 2.00 bits per heavy atom. The van der Waals surface area contributed by atoms with Crippen molar-refractivity contribution in [2.24, 2.45) is 0 Å². The van der Waals surface area contributed by atoms with E-state index in [1.165, 1.54) is 5.56 Å². The number of hydrogen-bond donors (Lipinski definition) is 1. The monoisotopic (exact) mass is 213 g/mol. The van der Waals surface area contributed by atoms with Crippen molar-refractivity contribution in [2.75, 3.05) is 5.32 Å². The van der Waals surface area contributed by atoms with Crippen molar-refractivity contribution in [3.8, 4) is 0 Å². The maximum atomic E-state index is 3.97. The Kier molecular flexibility index (Phi) is 4.59. The SMILES string of the molecule is C=C(C)/C(=C\C=C/C)Nc1ccccc1C. The summed E-state index contributed by atoms with van der Waals surface area (Å²) in [6, 6.07) is 8.23. The van der Waals surface area contributed by atoms with Gasteiger partial charge in [-0.2, -0.15) is 0 Å². The lowest BCUT2D eigenvalue weighted by atomic mass is 10.1. The lowest BCUT2D eigenvalue weighted by Gasteiger charge is -2.12. The fraction of sp³-hybridized carbons (Fsp3) is 0.200. The standard InChI is InChI=1S/C15H19N/c1-5-6-10-14(12(2)3)16-15-11-8-7-9-13(15)4/h5-11,16H,2H2,1,3-4H3/b6-5-,14-10+. The molecule has 1 aromatic rings. The minimum atomic E-state index is 1.03. The number of anilines is 1. The van der Waals surface area contributed by atoms with Crippen LogP contribution in [0.2, 0.25) is 0 Å². The molecule has 0 heterocycles. The summed E-state index contributed by atoms with van der Waals surface area (Å²) < 4.78 is 0. The molecule has 1 nitrogen and oxygen atoms in total. The molecule has 0 saturated heterocycles. The third-order valence-corrected chi connectivity index (χ3v) is 2.33. The Morgan fingerprint density at radius 3 is 2.56 bits per heavy atom. The van der Waals surface area contributed by atoms with Crippen molar-refractivity contribution >= 4 is 5.69 Å². The summed E-state index contributed by atoms with van der Waals surface area (Å²) >= 11 is 0. The summed E-state index contributed by atoms with van der Waals surface area (Å²) in [5, 5.41) is 3.39. The van der Waals surface area contributed by atoms with Gasteiger partial charge >= 0.3 is 0 Å². The number of hydrogen-bond acceptors (Lipinski definition) is 1. The topological polar surface area (TPSA) is 12.0 Å². The van der Waals surface area contributed by atoms with E-state index in [9.17, 15) is 0 Å². The molecular weight excluding hydrogens is 194 g/mol. The van der Waals surface area contributed by atoms with Crippen LogP contribution in [0, 0.1) is 6.92 Å². The van der Waals surface area contributed by atoms with Crippen LogP contribution in [-0.2, 0) is 0 Å². The van der Waals surface area contributed by atoms with Crippen LogP contribution in [0.3, 0.4) is 0 Å². The molecule has 1 heteroatoms. The molecule has 0 amide bonds. The molecule has 0 aromatic heterocycles. The maximum absolute atomic E-state index is 3.97. The molecule has 0 aliphatic heterocycles. The van der Waals surface area contributed by atoms with Gasteiger partial charge in [-0.25, -0.2) is 0 Å². The molecule has 84 valence electrons. The zero-order chi connectivity index (χ0) is 12.0. The van der Waals surface area contributed by atoms with Gasteiger partial charge in [-0.05, 0) is 44.1 Å². The highest BCUT2D eigenvalue weighted by atomic mass is 14.9. The molecule has 0 aliphatic carbocycles. The maximum Gasteiger partial charge on any atom is 0.0413 e. The molecular formula is C15H19N. The first kappa shape index (κ1) is 12.3. The van der Waals surface area contributed by atoms with Gasteiger partial charge in [-0.1, -0.05) is 36.9 Å². The molecule has 0 bridgehead atoms. The molecule has 0 radical (unpaired) electrons. The van der Waals surface area contributed by atoms with Gasteiger partial charge in [0.05, 0.1) is 0 Å². The molecule has 0 unspecified atom stereocenters. The van der Waals surface area contributed by atoms with Crippen molar-refractivity contribution in [3.05, 3.63) is 65.9 Å². The predicted octanol–water partition coefficient (Wildman–Crippen LogP) is 4.44. The highest BCUT2D eigenvalue weighted by Crippen LogP contribution is 2.18. The van der Waals surface area contributed by atoms with Crippen LogP contribution in [0.5, 0.6) is 0 Å². The molecule has 1 aromatic carbocycles. The number of rotatable bonds is 4. The van der Waals surface area contributed by atoms with Gasteiger partial charge in [0, 0.05) is 11.4 Å². The van der Waals surface area contributed by atoms with E-state index >= 15 is 0 Å². The molecule has 16 heavy (non-hydrogen) atoms. The van der Waals surface area contributed by atoms with Crippen LogP contribution in [0.4, 0.5) is 5.69 Å². The molecule has 0 aliphatic rings. The van der Waals surface area contributed by atoms with Crippen LogP contribution in [0.1, 0.15) is 19.4 Å². The van der Waals surface area contributed by atoms with Crippen LogP contribution >= 0.6 is 0 Å². The van der Waals surface area contributed by atoms with E-state index in [1.54, 1.807) is 0 Å². The summed E-state index contributed by atoms with van der Waals surface area (Å²) in [6.07, 6.45) is 6.05. The normalized spacial score (nSPS) is 11.8. The minimum Gasteiger partial charge on any atom is -0.355 e. The zero-order valence-corrected chi connectivity index (χ0v) is 10.2. The van der Waals surface area contributed by atoms with Crippen molar-refractivity contribution in [1.29, 1.82) is 0 Å². The van der Waals surface area contributed by atoms with Gasteiger partial charge in [-0.3, -0.25) is 0 Å². The van der Waals surface area contributed by atoms with E-state index in [4.69, 9.17) is 0 Å². The number of para-hydroxylation sites is 1. The van der Waals surface area contributed by atoms with Crippen molar-refractivity contribution < 1.29 is 0 Å². The second-order valence-electron chi connectivity index (χ2n) is 3.83. The van der Waals surface area contributed by atoms with Gasteiger partial charge in [0.1, 0.15) is 0 Å². The highest BCUT2D eigenvalue weighted by molar-refractivity contribution is 5.57. The van der Waals surface area contributed by atoms with E-state index in [0.717, 1.165) is 17.0 Å². The number of aryl methyl sites for hydroxylation is 1. The number of allylic oxidation sites excluding steroid dienone is 4. The first-order valence-corrected chi connectivity index (χ1v) is 5.46. The molecule has 1 rings (SSSR count). The smallest absolute Gasteiger partial charge is 0.0413 e. The van der Waals surface area contributed by atoms with Gasteiger partial charge in [0.2, 0.25) is 0 Å². The summed E-state index contributed by atoms with van der Waals surface area (Å²) in [6.45, 7) is 10.1. The zero-order valence-electron chi connectivity index (χ0n) is 10.2. The number of nitrogens with one attached hydrogen (secondary N) is 1. The van der Waals surface area contributed by atoms with Crippen LogP contribution in [-0.4, -0.2) is 0 Å². The second-order valence-corrected chi connectivity index (χ2v) is 3.83. The second kappa shape index (κ2) is 5.96. The quantitative estimate of drug-likeness (QED) is 0.729. The largest absolute Gasteiger partial charge is 0.355 e. The lowest BCUT2D eigenvalue weighted by Crippen LogP contribution is -2.01. The van der Waals surface area contributed by atoms with E-state index < -0.39 is 0 Å². The Labute approximate surface area is 98.2 Å². The van der Waals surface area contributed by atoms with Gasteiger partial charge < -0.3 is 5.32 Å². The van der Waals surface area contributed by atoms with Gasteiger partial charge in [0.25, 0.3) is 0 Å². The van der Waals surface area contributed by atoms with E-state index in [0.29, 0.717) is 0 Å². The Morgan fingerprint density at radius 1 is 1.31 bits per heavy atom. The fourth-order valence-corrected chi connectivity index (χ4v) is 1.34. The summed E-state index contributed by atoms with van der Waals surface area (Å²) in [5.41, 5.74) is 4.44. The first-order chi connectivity index (χ1) is 7.65. The minimum absolute atomic E-state index is 1.03. The Balaban J connectivity index is 2.93. The molecule has 0 fully saturated rings. The average molecular weight is 213 g/mol.